The van der Waals surface area contributed by atoms with Gasteiger partial charge >= 0.3 is 0 Å². The minimum Gasteiger partial charge on any atom is -0.461 e. The molecule has 22 heavy (non-hydrogen) atoms. The van der Waals surface area contributed by atoms with Gasteiger partial charge in [0.2, 0.25) is 5.76 Å². The lowest BCUT2D eigenvalue weighted by Gasteiger charge is -2.35. The van der Waals surface area contributed by atoms with E-state index in [1.807, 2.05) is 18.2 Å². The van der Waals surface area contributed by atoms with Crippen molar-refractivity contribution in [3.8, 4) is 11.5 Å². The van der Waals surface area contributed by atoms with E-state index in [1.54, 1.807) is 6.26 Å². The lowest BCUT2D eigenvalue weighted by atomic mass is 9.98. The molecule has 2 aliphatic heterocycles. The van der Waals surface area contributed by atoms with E-state index in [9.17, 15) is 0 Å². The van der Waals surface area contributed by atoms with Crippen LogP contribution in [0.1, 0.15) is 31.4 Å². The number of fused-ring (bicyclic) bond motifs is 2. The molecule has 2 aromatic rings. The molecule has 2 bridgehead atoms. The molecular formula is C16H22ClN3O2. The Kier molecular flexibility index (Phi) is 4.57. The standard InChI is InChI=1S/C16H21N3O2.ClH/c1-19(14-7-11-4-5-12(8-14)17-11)10-13-9-16(21-18-13)15-3-2-6-20-15;/h2-3,6,9,11-12,14,17H,4-5,7-8,10H2,1H3;1H. The SMILES string of the molecule is CN(Cc1cc(-c2ccco2)on1)C1CC2CCC(C1)N2.Cl. The van der Waals surface area contributed by atoms with Gasteiger partial charge in [0, 0.05) is 30.7 Å². The van der Waals surface area contributed by atoms with Crippen LogP contribution in [-0.2, 0) is 6.54 Å². The maximum absolute atomic E-state index is 5.37. The highest BCUT2D eigenvalue weighted by molar-refractivity contribution is 5.85. The molecular weight excluding hydrogens is 302 g/mol. The summed E-state index contributed by atoms with van der Waals surface area (Å²) in [4.78, 5) is 2.41. The fraction of sp³-hybridized carbons (Fsp3) is 0.562. The van der Waals surface area contributed by atoms with Gasteiger partial charge in [0.1, 0.15) is 0 Å². The molecule has 4 rings (SSSR count). The van der Waals surface area contributed by atoms with E-state index >= 15 is 0 Å². The number of furan rings is 1. The fourth-order valence-corrected chi connectivity index (χ4v) is 3.69. The number of nitrogens with zero attached hydrogens (tertiary/aromatic N) is 2. The molecule has 2 fully saturated rings. The zero-order valence-corrected chi connectivity index (χ0v) is 13.5. The van der Waals surface area contributed by atoms with Gasteiger partial charge < -0.3 is 14.3 Å². The Morgan fingerprint density at radius 3 is 2.73 bits per heavy atom. The molecule has 2 aromatic heterocycles. The zero-order chi connectivity index (χ0) is 14.2. The minimum absolute atomic E-state index is 0. The highest BCUT2D eigenvalue weighted by atomic mass is 35.5. The quantitative estimate of drug-likeness (QED) is 0.937. The molecule has 2 atom stereocenters. The van der Waals surface area contributed by atoms with Crippen molar-refractivity contribution in [2.24, 2.45) is 0 Å². The van der Waals surface area contributed by atoms with Crippen molar-refractivity contribution in [2.75, 3.05) is 7.05 Å². The van der Waals surface area contributed by atoms with E-state index in [2.05, 4.69) is 22.4 Å². The van der Waals surface area contributed by atoms with Crippen LogP contribution >= 0.6 is 12.4 Å². The van der Waals surface area contributed by atoms with Crippen molar-refractivity contribution < 1.29 is 8.94 Å². The summed E-state index contributed by atoms with van der Waals surface area (Å²) in [6.07, 6.45) is 6.81. The Hall–Kier alpha value is -1.30. The van der Waals surface area contributed by atoms with Gasteiger partial charge in [0.05, 0.1) is 12.0 Å². The second kappa shape index (κ2) is 6.44. The molecule has 120 valence electrons. The summed E-state index contributed by atoms with van der Waals surface area (Å²) < 4.78 is 10.7. The summed E-state index contributed by atoms with van der Waals surface area (Å²) in [5.41, 5.74) is 0.967. The number of hydrogen-bond donors (Lipinski definition) is 1. The summed E-state index contributed by atoms with van der Waals surface area (Å²) in [6, 6.07) is 7.80. The zero-order valence-electron chi connectivity index (χ0n) is 12.7. The highest BCUT2D eigenvalue weighted by Gasteiger charge is 2.35. The lowest BCUT2D eigenvalue weighted by molar-refractivity contribution is 0.162. The molecule has 2 unspecified atom stereocenters. The Morgan fingerprint density at radius 1 is 1.27 bits per heavy atom. The third-order valence-corrected chi connectivity index (χ3v) is 4.81. The molecule has 0 aliphatic carbocycles. The van der Waals surface area contributed by atoms with Gasteiger partial charge in [-0.1, -0.05) is 5.16 Å². The molecule has 4 heterocycles. The maximum atomic E-state index is 5.37. The third-order valence-electron chi connectivity index (χ3n) is 4.81. The molecule has 0 radical (unpaired) electrons. The Morgan fingerprint density at radius 2 is 2.05 bits per heavy atom. The first kappa shape index (κ1) is 15.6. The second-order valence-corrected chi connectivity index (χ2v) is 6.34. The minimum atomic E-state index is 0. The van der Waals surface area contributed by atoms with Crippen LogP contribution in [0.25, 0.3) is 11.5 Å². The normalized spacial score (nSPS) is 27.1. The first-order valence-corrected chi connectivity index (χ1v) is 7.73. The van der Waals surface area contributed by atoms with Crippen molar-refractivity contribution >= 4 is 12.4 Å². The molecule has 6 heteroatoms. The number of aromatic nitrogens is 1. The van der Waals surface area contributed by atoms with Crippen molar-refractivity contribution in [1.82, 2.24) is 15.4 Å². The van der Waals surface area contributed by atoms with E-state index < -0.39 is 0 Å². The summed E-state index contributed by atoms with van der Waals surface area (Å²) in [5.74, 6) is 1.44. The number of nitrogens with one attached hydrogen (secondary N) is 1. The first-order chi connectivity index (χ1) is 10.3. The van der Waals surface area contributed by atoms with Crippen LogP contribution in [0.5, 0.6) is 0 Å². The average molecular weight is 324 g/mol. The predicted octanol–water partition coefficient (Wildman–Crippen LogP) is 3.07. The van der Waals surface area contributed by atoms with Gasteiger partial charge in [0.25, 0.3) is 0 Å². The largest absolute Gasteiger partial charge is 0.461 e. The third kappa shape index (κ3) is 3.07. The average Bonchev–Trinajstić information content (AvgIpc) is 3.20. The van der Waals surface area contributed by atoms with Crippen LogP contribution in [0.15, 0.2) is 33.4 Å². The maximum Gasteiger partial charge on any atom is 0.202 e. The van der Waals surface area contributed by atoms with Crippen LogP contribution in [0, 0.1) is 0 Å². The van der Waals surface area contributed by atoms with Crippen LogP contribution in [0.4, 0.5) is 0 Å². The lowest BCUT2D eigenvalue weighted by Crippen LogP contribution is -2.46. The molecule has 2 aliphatic rings. The number of hydrogen-bond acceptors (Lipinski definition) is 5. The van der Waals surface area contributed by atoms with E-state index in [4.69, 9.17) is 8.94 Å². The summed E-state index contributed by atoms with van der Waals surface area (Å²) in [7, 11) is 2.19. The second-order valence-electron chi connectivity index (χ2n) is 6.34. The van der Waals surface area contributed by atoms with E-state index in [0.717, 1.165) is 18.0 Å². The van der Waals surface area contributed by atoms with Gasteiger partial charge in [-0.3, -0.25) is 4.90 Å². The Labute approximate surface area is 136 Å². The van der Waals surface area contributed by atoms with Crippen LogP contribution in [-0.4, -0.2) is 35.2 Å². The Balaban J connectivity index is 0.00000144. The van der Waals surface area contributed by atoms with Gasteiger partial charge in [-0.25, -0.2) is 0 Å². The highest BCUT2D eigenvalue weighted by Crippen LogP contribution is 2.30. The van der Waals surface area contributed by atoms with E-state index in [-0.39, 0.29) is 12.4 Å². The summed E-state index contributed by atoms with van der Waals surface area (Å²) >= 11 is 0. The van der Waals surface area contributed by atoms with Crippen molar-refractivity contribution in [3.05, 3.63) is 30.2 Å². The number of rotatable bonds is 4. The fourth-order valence-electron chi connectivity index (χ4n) is 3.69. The molecule has 0 spiro atoms. The summed E-state index contributed by atoms with van der Waals surface area (Å²) in [6.45, 7) is 0.828. The van der Waals surface area contributed by atoms with Crippen LogP contribution in [0.3, 0.4) is 0 Å². The van der Waals surface area contributed by atoms with Gasteiger partial charge in [-0.15, -0.1) is 12.4 Å². The van der Waals surface area contributed by atoms with Gasteiger partial charge in [-0.2, -0.15) is 0 Å². The number of halogens is 1. The molecule has 2 saturated heterocycles. The smallest absolute Gasteiger partial charge is 0.202 e. The van der Waals surface area contributed by atoms with Gasteiger partial charge in [0.15, 0.2) is 5.76 Å². The first-order valence-electron chi connectivity index (χ1n) is 7.73. The predicted molar refractivity (Wildman–Crippen MR) is 85.9 cm³/mol. The van der Waals surface area contributed by atoms with Gasteiger partial charge in [-0.05, 0) is 44.9 Å². The summed E-state index contributed by atoms with van der Waals surface area (Å²) in [5, 5.41) is 7.86. The Bertz CT molecular complexity index is 586. The van der Waals surface area contributed by atoms with Crippen LogP contribution < -0.4 is 5.32 Å². The van der Waals surface area contributed by atoms with Crippen LogP contribution in [0.2, 0.25) is 0 Å². The molecule has 0 saturated carbocycles. The molecule has 5 nitrogen and oxygen atoms in total. The van der Waals surface area contributed by atoms with E-state index in [1.165, 1.54) is 25.7 Å². The number of piperidine rings is 1. The topological polar surface area (TPSA) is 54.4 Å². The van der Waals surface area contributed by atoms with Crippen molar-refractivity contribution in [1.29, 1.82) is 0 Å². The molecule has 1 N–H and O–H groups in total. The van der Waals surface area contributed by atoms with Crippen molar-refractivity contribution in [2.45, 2.75) is 50.4 Å². The van der Waals surface area contributed by atoms with E-state index in [0.29, 0.717) is 23.9 Å². The molecule has 0 aromatic carbocycles. The monoisotopic (exact) mass is 323 g/mol. The molecule has 0 amide bonds. The van der Waals surface area contributed by atoms with Crippen molar-refractivity contribution in [3.63, 3.8) is 0 Å².